The molecule has 0 unspecified atom stereocenters. The molecule has 0 aliphatic rings. The number of thiocarbonyl (C=S) groups is 1. The third kappa shape index (κ3) is 4.98. The Bertz CT molecular complexity index is 820. The molecule has 0 aliphatic heterocycles. The number of anilines is 2. The van der Waals surface area contributed by atoms with E-state index in [0.717, 1.165) is 11.3 Å². The van der Waals surface area contributed by atoms with E-state index in [2.05, 4.69) is 15.8 Å². The Kier molecular flexibility index (Phi) is 6.02. The summed E-state index contributed by atoms with van der Waals surface area (Å²) in [5.41, 5.74) is 5.81. The normalized spacial score (nSPS) is 10.5. The molecule has 0 radical (unpaired) electrons. The van der Waals surface area contributed by atoms with Crippen molar-refractivity contribution in [3.8, 4) is 0 Å². The standard InChI is InChI=1S/C17H19N5O2S/c1-12-6-4-5-7-14(12)19-17(25)20-18-11-13-8-9-15(21(2)3)16(10-13)22(23)24/h4-11H,1-3H3,(H2,19,20,25)/b18-11-. The Hall–Kier alpha value is -3.00. The molecule has 8 heteroatoms. The first-order chi connectivity index (χ1) is 11.9. The summed E-state index contributed by atoms with van der Waals surface area (Å²) in [5.74, 6) is 0. The smallest absolute Gasteiger partial charge is 0.293 e. The van der Waals surface area contributed by atoms with E-state index in [4.69, 9.17) is 12.2 Å². The zero-order chi connectivity index (χ0) is 18.4. The van der Waals surface area contributed by atoms with Gasteiger partial charge in [-0.15, -0.1) is 0 Å². The first-order valence-corrected chi connectivity index (χ1v) is 7.91. The summed E-state index contributed by atoms with van der Waals surface area (Å²) in [5, 5.41) is 18.6. The molecule has 0 saturated carbocycles. The molecule has 0 spiro atoms. The van der Waals surface area contributed by atoms with E-state index in [-0.39, 0.29) is 5.69 Å². The lowest BCUT2D eigenvalue weighted by molar-refractivity contribution is -0.384. The molecule has 0 bridgehead atoms. The van der Waals surface area contributed by atoms with E-state index in [9.17, 15) is 10.1 Å². The largest absolute Gasteiger partial charge is 0.372 e. The zero-order valence-electron chi connectivity index (χ0n) is 14.2. The fourth-order valence-corrected chi connectivity index (χ4v) is 2.34. The summed E-state index contributed by atoms with van der Waals surface area (Å²) < 4.78 is 0. The molecule has 0 amide bonds. The Morgan fingerprint density at radius 2 is 2.00 bits per heavy atom. The van der Waals surface area contributed by atoms with Crippen molar-refractivity contribution >= 4 is 40.6 Å². The molecule has 2 aromatic carbocycles. The van der Waals surface area contributed by atoms with Crippen LogP contribution in [0.1, 0.15) is 11.1 Å². The van der Waals surface area contributed by atoms with Gasteiger partial charge < -0.3 is 10.2 Å². The Morgan fingerprint density at radius 3 is 2.64 bits per heavy atom. The lowest BCUT2D eigenvalue weighted by Gasteiger charge is -2.12. The van der Waals surface area contributed by atoms with Crippen LogP contribution in [0.15, 0.2) is 47.6 Å². The molecule has 2 rings (SSSR count). The highest BCUT2D eigenvalue weighted by atomic mass is 32.1. The maximum absolute atomic E-state index is 11.2. The number of hydrazone groups is 1. The van der Waals surface area contributed by atoms with Crippen LogP contribution in [0.2, 0.25) is 0 Å². The van der Waals surface area contributed by atoms with Gasteiger partial charge in [0.25, 0.3) is 5.69 Å². The van der Waals surface area contributed by atoms with Crippen LogP contribution in [0, 0.1) is 17.0 Å². The van der Waals surface area contributed by atoms with E-state index in [1.807, 2.05) is 31.2 Å². The Morgan fingerprint density at radius 1 is 1.28 bits per heavy atom. The van der Waals surface area contributed by atoms with Crippen molar-refractivity contribution in [2.24, 2.45) is 5.10 Å². The van der Waals surface area contributed by atoms with Gasteiger partial charge in [0.15, 0.2) is 5.11 Å². The van der Waals surface area contributed by atoms with E-state index >= 15 is 0 Å². The van der Waals surface area contributed by atoms with Crippen molar-refractivity contribution in [1.82, 2.24) is 5.43 Å². The minimum absolute atomic E-state index is 0.0227. The second-order valence-corrected chi connectivity index (χ2v) is 5.95. The van der Waals surface area contributed by atoms with Crippen molar-refractivity contribution in [2.75, 3.05) is 24.3 Å². The predicted octanol–water partition coefficient (Wildman–Crippen LogP) is 3.29. The van der Waals surface area contributed by atoms with Crippen LogP contribution in [0.3, 0.4) is 0 Å². The van der Waals surface area contributed by atoms with Crippen molar-refractivity contribution in [2.45, 2.75) is 6.92 Å². The van der Waals surface area contributed by atoms with Gasteiger partial charge in [0.05, 0.1) is 11.1 Å². The van der Waals surface area contributed by atoms with Gasteiger partial charge in [0.2, 0.25) is 0 Å². The number of aryl methyl sites for hydroxylation is 1. The highest BCUT2D eigenvalue weighted by Crippen LogP contribution is 2.27. The number of nitrogens with one attached hydrogen (secondary N) is 2. The Labute approximate surface area is 151 Å². The van der Waals surface area contributed by atoms with Gasteiger partial charge in [-0.3, -0.25) is 15.5 Å². The quantitative estimate of drug-likeness (QED) is 0.370. The third-order valence-electron chi connectivity index (χ3n) is 3.45. The predicted molar refractivity (Wildman–Crippen MR) is 106 cm³/mol. The highest BCUT2D eigenvalue weighted by Gasteiger charge is 2.15. The van der Waals surface area contributed by atoms with Crippen LogP contribution in [-0.4, -0.2) is 30.3 Å². The number of nitro benzene ring substituents is 1. The van der Waals surface area contributed by atoms with Gasteiger partial charge in [-0.2, -0.15) is 5.10 Å². The van der Waals surface area contributed by atoms with Crippen LogP contribution in [0.5, 0.6) is 0 Å². The SMILES string of the molecule is Cc1ccccc1NC(=S)N/N=C\c1ccc(N(C)C)c([N+](=O)[O-])c1. The van der Waals surface area contributed by atoms with Crippen LogP contribution < -0.4 is 15.6 Å². The van der Waals surface area contributed by atoms with Gasteiger partial charge >= 0.3 is 0 Å². The van der Waals surface area contributed by atoms with Crippen molar-refractivity contribution in [3.05, 3.63) is 63.7 Å². The number of benzene rings is 2. The third-order valence-corrected chi connectivity index (χ3v) is 3.64. The molecule has 7 nitrogen and oxygen atoms in total. The second kappa shape index (κ2) is 8.20. The van der Waals surface area contributed by atoms with Gasteiger partial charge in [0, 0.05) is 31.4 Å². The zero-order valence-corrected chi connectivity index (χ0v) is 15.0. The van der Waals surface area contributed by atoms with Crippen LogP contribution >= 0.6 is 12.2 Å². The molecule has 0 heterocycles. The van der Waals surface area contributed by atoms with Crippen LogP contribution in [0.4, 0.5) is 17.1 Å². The number of para-hydroxylation sites is 1. The average Bonchev–Trinajstić information content (AvgIpc) is 2.56. The van der Waals surface area contributed by atoms with Crippen molar-refractivity contribution in [1.29, 1.82) is 0 Å². The number of hydrogen-bond donors (Lipinski definition) is 2. The average molecular weight is 357 g/mol. The molecule has 0 atom stereocenters. The highest BCUT2D eigenvalue weighted by molar-refractivity contribution is 7.80. The summed E-state index contributed by atoms with van der Waals surface area (Å²) in [4.78, 5) is 12.5. The number of nitro groups is 1. The lowest BCUT2D eigenvalue weighted by atomic mass is 10.2. The first-order valence-electron chi connectivity index (χ1n) is 7.50. The second-order valence-electron chi connectivity index (χ2n) is 5.54. The van der Waals surface area contributed by atoms with Gasteiger partial charge in [0.1, 0.15) is 5.69 Å². The fourth-order valence-electron chi connectivity index (χ4n) is 2.17. The molecule has 2 aromatic rings. The van der Waals surface area contributed by atoms with Crippen molar-refractivity contribution < 1.29 is 4.92 Å². The van der Waals surface area contributed by atoms with Gasteiger partial charge in [-0.25, -0.2) is 0 Å². The topological polar surface area (TPSA) is 82.8 Å². The summed E-state index contributed by atoms with van der Waals surface area (Å²) in [6.45, 7) is 1.97. The molecule has 0 saturated heterocycles. The first kappa shape index (κ1) is 18.3. The number of rotatable bonds is 5. The molecule has 130 valence electrons. The van der Waals surface area contributed by atoms with Crippen LogP contribution in [-0.2, 0) is 0 Å². The number of hydrogen-bond acceptors (Lipinski definition) is 5. The minimum atomic E-state index is -0.412. The molecule has 0 aromatic heterocycles. The lowest BCUT2D eigenvalue weighted by Crippen LogP contribution is -2.24. The minimum Gasteiger partial charge on any atom is -0.372 e. The number of nitrogens with zero attached hydrogens (tertiary/aromatic N) is 3. The summed E-state index contributed by atoms with van der Waals surface area (Å²) >= 11 is 5.18. The van der Waals surface area contributed by atoms with Gasteiger partial charge in [-0.05, 0) is 36.8 Å². The van der Waals surface area contributed by atoms with Gasteiger partial charge in [-0.1, -0.05) is 24.3 Å². The molecular formula is C17H19N5O2S. The van der Waals surface area contributed by atoms with Crippen LogP contribution in [0.25, 0.3) is 0 Å². The summed E-state index contributed by atoms with van der Waals surface area (Å²) in [7, 11) is 3.51. The fraction of sp³-hybridized carbons (Fsp3) is 0.176. The van der Waals surface area contributed by atoms with E-state index in [0.29, 0.717) is 16.4 Å². The van der Waals surface area contributed by atoms with E-state index < -0.39 is 4.92 Å². The molecule has 25 heavy (non-hydrogen) atoms. The van der Waals surface area contributed by atoms with Crippen molar-refractivity contribution in [3.63, 3.8) is 0 Å². The molecule has 0 aliphatic carbocycles. The van der Waals surface area contributed by atoms with E-state index in [1.54, 1.807) is 31.1 Å². The van der Waals surface area contributed by atoms with E-state index in [1.165, 1.54) is 12.3 Å². The maximum atomic E-state index is 11.2. The summed E-state index contributed by atoms with van der Waals surface area (Å²) in [6, 6.07) is 12.6. The molecule has 0 fully saturated rings. The molecular weight excluding hydrogens is 338 g/mol. The maximum Gasteiger partial charge on any atom is 0.293 e. The summed E-state index contributed by atoms with van der Waals surface area (Å²) in [6.07, 6.45) is 1.48. The molecule has 2 N–H and O–H groups in total. The monoisotopic (exact) mass is 357 g/mol. The Balaban J connectivity index is 2.04.